The van der Waals surface area contributed by atoms with Crippen LogP contribution in [0.2, 0.25) is 0 Å². The average Bonchev–Trinajstić information content (AvgIpc) is 3.12. The molecule has 5 rings (SSSR count). The van der Waals surface area contributed by atoms with Crippen LogP contribution in [0.25, 0.3) is 22.2 Å². The third-order valence-corrected chi connectivity index (χ3v) is 6.71. The topological polar surface area (TPSA) is 66.5 Å². The first-order chi connectivity index (χ1) is 15.6. The van der Waals surface area contributed by atoms with E-state index >= 15 is 0 Å². The summed E-state index contributed by atoms with van der Waals surface area (Å²) >= 11 is 0. The van der Waals surface area contributed by atoms with Crippen LogP contribution in [0.5, 0.6) is 0 Å². The minimum atomic E-state index is 0.645. The minimum absolute atomic E-state index is 0.645. The number of nitrogens with zero attached hydrogens (tertiary/aromatic N) is 5. The van der Waals surface area contributed by atoms with Crippen LogP contribution < -0.4 is 9.80 Å². The molecular formula is C25H29N5O2. The molecule has 2 aliphatic rings. The van der Waals surface area contributed by atoms with E-state index in [-0.39, 0.29) is 0 Å². The van der Waals surface area contributed by atoms with Gasteiger partial charge in [0, 0.05) is 60.9 Å². The standard InChI is InChI=1S/C25H29N5O2/c1-17-23(22-19-6-4-5-7-20(19)28(3)21(22)16-26)27-25(30-10-14-32-15-11-30)18(2)24(17)29-8-12-31-13-9-29/h4-7H,8-15H2,1-3H3. The number of nitriles is 1. The van der Waals surface area contributed by atoms with Gasteiger partial charge in [0.05, 0.1) is 32.1 Å². The van der Waals surface area contributed by atoms with E-state index in [0.29, 0.717) is 18.9 Å². The number of anilines is 2. The van der Waals surface area contributed by atoms with Crippen LogP contribution in [-0.2, 0) is 16.5 Å². The zero-order valence-corrected chi connectivity index (χ0v) is 19.0. The van der Waals surface area contributed by atoms with Gasteiger partial charge in [-0.05, 0) is 25.5 Å². The molecule has 0 unspecified atom stereocenters. The lowest BCUT2D eigenvalue weighted by Gasteiger charge is -2.35. The molecule has 0 spiro atoms. The number of ether oxygens (including phenoxy) is 2. The monoisotopic (exact) mass is 431 g/mol. The number of rotatable bonds is 3. The SMILES string of the molecule is Cc1c(-c2c(C#N)n(C)c3ccccc23)nc(N2CCOCC2)c(C)c1N1CCOCC1. The molecule has 166 valence electrons. The first-order valence-electron chi connectivity index (χ1n) is 11.3. The second kappa shape index (κ2) is 8.45. The quantitative estimate of drug-likeness (QED) is 0.633. The van der Waals surface area contributed by atoms with E-state index in [0.717, 1.165) is 72.9 Å². The van der Waals surface area contributed by atoms with E-state index in [1.165, 1.54) is 11.3 Å². The minimum Gasteiger partial charge on any atom is -0.378 e. The van der Waals surface area contributed by atoms with E-state index < -0.39 is 0 Å². The van der Waals surface area contributed by atoms with Crippen LogP contribution >= 0.6 is 0 Å². The highest BCUT2D eigenvalue weighted by atomic mass is 16.5. The molecule has 0 N–H and O–H groups in total. The molecule has 7 heteroatoms. The van der Waals surface area contributed by atoms with Crippen LogP contribution in [0.4, 0.5) is 11.5 Å². The summed E-state index contributed by atoms with van der Waals surface area (Å²) in [6.07, 6.45) is 0. The van der Waals surface area contributed by atoms with Crippen molar-refractivity contribution in [1.29, 1.82) is 5.26 Å². The number of pyridine rings is 1. The summed E-state index contributed by atoms with van der Waals surface area (Å²) in [7, 11) is 1.96. The van der Waals surface area contributed by atoms with E-state index in [4.69, 9.17) is 14.5 Å². The van der Waals surface area contributed by atoms with Crippen molar-refractivity contribution in [3.8, 4) is 17.3 Å². The maximum Gasteiger partial charge on any atom is 0.134 e. The fourth-order valence-corrected chi connectivity index (χ4v) is 5.12. The number of hydrogen-bond acceptors (Lipinski definition) is 6. The van der Waals surface area contributed by atoms with Crippen LogP contribution in [-0.4, -0.2) is 62.2 Å². The predicted octanol–water partition coefficient (Wildman–Crippen LogP) is 3.40. The van der Waals surface area contributed by atoms with Crippen molar-refractivity contribution < 1.29 is 9.47 Å². The van der Waals surface area contributed by atoms with E-state index in [2.05, 4.69) is 41.8 Å². The third-order valence-electron chi connectivity index (χ3n) is 6.71. The summed E-state index contributed by atoms with van der Waals surface area (Å²) in [5, 5.41) is 11.2. The molecule has 2 saturated heterocycles. The highest BCUT2D eigenvalue weighted by Gasteiger charge is 2.28. The van der Waals surface area contributed by atoms with Gasteiger partial charge in [-0.1, -0.05) is 18.2 Å². The Bertz CT molecular complexity index is 1200. The molecular weight excluding hydrogens is 402 g/mol. The Morgan fingerprint density at radius 1 is 0.906 bits per heavy atom. The van der Waals surface area contributed by atoms with Crippen LogP contribution in [0.15, 0.2) is 24.3 Å². The van der Waals surface area contributed by atoms with Crippen molar-refractivity contribution in [3.05, 3.63) is 41.1 Å². The van der Waals surface area contributed by atoms with E-state index in [1.54, 1.807) is 0 Å². The first kappa shape index (κ1) is 20.8. The molecule has 3 aromatic rings. The molecule has 0 aliphatic carbocycles. The Morgan fingerprint density at radius 3 is 2.19 bits per heavy atom. The number of aryl methyl sites for hydroxylation is 1. The summed E-state index contributed by atoms with van der Waals surface area (Å²) in [6, 6.07) is 10.6. The second-order valence-corrected chi connectivity index (χ2v) is 8.49. The Hall–Kier alpha value is -3.08. The summed E-state index contributed by atoms with van der Waals surface area (Å²) < 4.78 is 13.2. The van der Waals surface area contributed by atoms with Crippen molar-refractivity contribution in [2.24, 2.45) is 7.05 Å². The van der Waals surface area contributed by atoms with Gasteiger partial charge in [-0.25, -0.2) is 4.98 Å². The van der Waals surface area contributed by atoms with Gasteiger partial charge >= 0.3 is 0 Å². The molecule has 1 aromatic carbocycles. The third kappa shape index (κ3) is 3.31. The molecule has 0 saturated carbocycles. The average molecular weight is 432 g/mol. The van der Waals surface area contributed by atoms with Gasteiger partial charge in [0.15, 0.2) is 0 Å². The molecule has 2 aliphatic heterocycles. The summed E-state index contributed by atoms with van der Waals surface area (Å²) in [5.74, 6) is 0.993. The molecule has 0 bridgehead atoms. The summed E-state index contributed by atoms with van der Waals surface area (Å²) in [5.41, 5.74) is 7.03. The largest absolute Gasteiger partial charge is 0.378 e. The predicted molar refractivity (Wildman–Crippen MR) is 126 cm³/mol. The van der Waals surface area contributed by atoms with Crippen molar-refractivity contribution in [2.45, 2.75) is 13.8 Å². The van der Waals surface area contributed by atoms with Gasteiger partial charge in [0.2, 0.25) is 0 Å². The molecule has 0 radical (unpaired) electrons. The molecule has 4 heterocycles. The van der Waals surface area contributed by atoms with Crippen LogP contribution in [0.3, 0.4) is 0 Å². The fourth-order valence-electron chi connectivity index (χ4n) is 5.12. The highest BCUT2D eigenvalue weighted by Crippen LogP contribution is 2.42. The van der Waals surface area contributed by atoms with Crippen molar-refractivity contribution in [3.63, 3.8) is 0 Å². The first-order valence-corrected chi connectivity index (χ1v) is 11.3. The fraction of sp³-hybridized carbons (Fsp3) is 0.440. The molecule has 2 fully saturated rings. The number of fused-ring (bicyclic) bond motifs is 1. The lowest BCUT2D eigenvalue weighted by atomic mass is 9.98. The number of para-hydroxylation sites is 1. The Kier molecular flexibility index (Phi) is 5.50. The molecule has 7 nitrogen and oxygen atoms in total. The number of aromatic nitrogens is 2. The Morgan fingerprint density at radius 2 is 1.53 bits per heavy atom. The second-order valence-electron chi connectivity index (χ2n) is 8.49. The maximum atomic E-state index is 10.1. The lowest BCUT2D eigenvalue weighted by molar-refractivity contribution is 0.122. The number of benzene rings is 1. The molecule has 0 amide bonds. The Balaban J connectivity index is 1.79. The van der Waals surface area contributed by atoms with Crippen molar-refractivity contribution in [2.75, 3.05) is 62.4 Å². The Labute approximate surface area is 188 Å². The van der Waals surface area contributed by atoms with Crippen LogP contribution in [0.1, 0.15) is 16.8 Å². The number of hydrogen-bond donors (Lipinski definition) is 0. The van der Waals surface area contributed by atoms with Crippen LogP contribution in [0, 0.1) is 25.2 Å². The number of morpholine rings is 2. The zero-order valence-electron chi connectivity index (χ0n) is 19.0. The summed E-state index contributed by atoms with van der Waals surface area (Å²) in [6.45, 7) is 10.5. The maximum absolute atomic E-state index is 10.1. The van der Waals surface area contributed by atoms with Gasteiger partial charge in [-0.3, -0.25) is 0 Å². The van der Waals surface area contributed by atoms with Gasteiger partial charge in [0.25, 0.3) is 0 Å². The van der Waals surface area contributed by atoms with E-state index in [1.807, 2.05) is 23.7 Å². The molecule has 32 heavy (non-hydrogen) atoms. The van der Waals surface area contributed by atoms with Crippen molar-refractivity contribution >= 4 is 22.4 Å². The van der Waals surface area contributed by atoms with Gasteiger partial charge < -0.3 is 23.8 Å². The van der Waals surface area contributed by atoms with Crippen molar-refractivity contribution in [1.82, 2.24) is 9.55 Å². The summed E-state index contributed by atoms with van der Waals surface area (Å²) in [4.78, 5) is 9.98. The van der Waals surface area contributed by atoms with E-state index in [9.17, 15) is 5.26 Å². The van der Waals surface area contributed by atoms with Gasteiger partial charge in [-0.2, -0.15) is 5.26 Å². The molecule has 2 aromatic heterocycles. The normalized spacial score (nSPS) is 17.1. The molecule has 0 atom stereocenters. The lowest BCUT2D eigenvalue weighted by Crippen LogP contribution is -2.39. The highest BCUT2D eigenvalue weighted by molar-refractivity contribution is 6.00. The van der Waals surface area contributed by atoms with Gasteiger partial charge in [-0.15, -0.1) is 0 Å². The zero-order chi connectivity index (χ0) is 22.2. The van der Waals surface area contributed by atoms with Gasteiger partial charge in [0.1, 0.15) is 17.6 Å². The smallest absolute Gasteiger partial charge is 0.134 e.